The van der Waals surface area contributed by atoms with Gasteiger partial charge in [-0.2, -0.15) is 0 Å². The summed E-state index contributed by atoms with van der Waals surface area (Å²) in [5.41, 5.74) is 0.434. The van der Waals surface area contributed by atoms with Crippen LogP contribution in [0.25, 0.3) is 0 Å². The molecular weight excluding hydrogens is 502 g/mol. The number of anilines is 2. The number of ether oxygens (including phenoxy) is 3. The van der Waals surface area contributed by atoms with Gasteiger partial charge in [-0.05, 0) is 58.2 Å². The molecule has 1 aromatic carbocycles. The summed E-state index contributed by atoms with van der Waals surface area (Å²) in [4.78, 5) is 35.8. The van der Waals surface area contributed by atoms with E-state index in [2.05, 4.69) is 16.0 Å². The van der Waals surface area contributed by atoms with Gasteiger partial charge in [0, 0.05) is 35.3 Å². The number of carbonyl (C=O) groups excluding carboxylic acids is 3. The van der Waals surface area contributed by atoms with Gasteiger partial charge in [-0.15, -0.1) is 0 Å². The van der Waals surface area contributed by atoms with Crippen LogP contribution in [0.3, 0.4) is 0 Å². The van der Waals surface area contributed by atoms with Gasteiger partial charge in [0.05, 0.1) is 19.8 Å². The predicted molar refractivity (Wildman–Crippen MR) is 146 cm³/mol. The largest absolute Gasteiger partial charge is 0.444 e. The second-order valence-corrected chi connectivity index (χ2v) is 12.1. The molecule has 36 heavy (non-hydrogen) atoms. The van der Waals surface area contributed by atoms with E-state index in [-0.39, 0.29) is 25.0 Å². The molecule has 3 N–H and O–H groups in total. The smallest absolute Gasteiger partial charge is 0.412 e. The van der Waals surface area contributed by atoms with E-state index in [1.54, 1.807) is 45.0 Å². The van der Waals surface area contributed by atoms with Crippen molar-refractivity contribution in [2.45, 2.75) is 63.7 Å². The summed E-state index contributed by atoms with van der Waals surface area (Å²) >= 11 is 0. The molecule has 9 nitrogen and oxygen atoms in total. The van der Waals surface area contributed by atoms with Gasteiger partial charge in [0.1, 0.15) is 12.2 Å². The molecule has 1 unspecified atom stereocenters. The minimum absolute atomic E-state index is 0.0605. The number of carbonyl (C=O) groups is 3. The fourth-order valence-electron chi connectivity index (χ4n) is 3.25. The molecule has 1 aliphatic heterocycles. The molecule has 1 fully saturated rings. The normalized spacial score (nSPS) is 15.4. The SMILES string of the molecule is CC(C)(C)OC(=O)Nc1cccc(NC(=O)COCCOCCNC(=O)CCCCC2CCSS2)c1. The number of nitrogens with one attached hydrogen (secondary N) is 3. The maximum atomic E-state index is 12.1. The van der Waals surface area contributed by atoms with E-state index in [0.29, 0.717) is 37.6 Å². The molecule has 1 saturated heterocycles. The number of rotatable bonds is 15. The first-order valence-electron chi connectivity index (χ1n) is 12.3. The third kappa shape index (κ3) is 14.6. The monoisotopic (exact) mass is 541 g/mol. The molecule has 0 spiro atoms. The number of amides is 3. The molecular formula is C25H39N3O6S2. The van der Waals surface area contributed by atoms with E-state index in [0.717, 1.165) is 18.1 Å². The first-order valence-corrected chi connectivity index (χ1v) is 14.7. The summed E-state index contributed by atoms with van der Waals surface area (Å²) < 4.78 is 16.0. The molecule has 0 aliphatic carbocycles. The van der Waals surface area contributed by atoms with Crippen molar-refractivity contribution in [1.82, 2.24) is 5.32 Å². The van der Waals surface area contributed by atoms with Crippen molar-refractivity contribution in [2.75, 3.05) is 49.4 Å². The molecule has 1 aliphatic rings. The third-order valence-electron chi connectivity index (χ3n) is 4.87. The van der Waals surface area contributed by atoms with Gasteiger partial charge < -0.3 is 24.8 Å². The molecule has 11 heteroatoms. The van der Waals surface area contributed by atoms with Crippen molar-refractivity contribution in [3.8, 4) is 0 Å². The zero-order valence-electron chi connectivity index (χ0n) is 21.4. The highest BCUT2D eigenvalue weighted by Gasteiger charge is 2.17. The number of hydrogen-bond donors (Lipinski definition) is 3. The van der Waals surface area contributed by atoms with Crippen molar-refractivity contribution in [2.24, 2.45) is 0 Å². The van der Waals surface area contributed by atoms with Crippen LogP contribution >= 0.6 is 21.6 Å². The third-order valence-corrected chi connectivity index (χ3v) is 7.88. The van der Waals surface area contributed by atoms with Gasteiger partial charge in [0.15, 0.2) is 0 Å². The quantitative estimate of drug-likeness (QED) is 0.214. The van der Waals surface area contributed by atoms with Crippen LogP contribution in [0.1, 0.15) is 52.9 Å². The highest BCUT2D eigenvalue weighted by atomic mass is 33.1. The van der Waals surface area contributed by atoms with Gasteiger partial charge >= 0.3 is 6.09 Å². The molecule has 0 saturated carbocycles. The lowest BCUT2D eigenvalue weighted by Crippen LogP contribution is -2.27. The fraction of sp³-hybridized carbons (Fsp3) is 0.640. The first-order chi connectivity index (χ1) is 17.2. The molecule has 1 heterocycles. The van der Waals surface area contributed by atoms with E-state index < -0.39 is 11.7 Å². The Balaban J connectivity index is 1.46. The van der Waals surface area contributed by atoms with Crippen LogP contribution in [0.15, 0.2) is 24.3 Å². The van der Waals surface area contributed by atoms with Crippen LogP contribution in [-0.2, 0) is 23.8 Å². The molecule has 2 rings (SSSR count). The van der Waals surface area contributed by atoms with Crippen LogP contribution in [0, 0.1) is 0 Å². The van der Waals surface area contributed by atoms with Crippen molar-refractivity contribution < 1.29 is 28.6 Å². The molecule has 0 bridgehead atoms. The van der Waals surface area contributed by atoms with Crippen LogP contribution in [-0.4, -0.2) is 67.5 Å². The van der Waals surface area contributed by atoms with Crippen molar-refractivity contribution in [1.29, 1.82) is 0 Å². The van der Waals surface area contributed by atoms with Crippen LogP contribution in [0.4, 0.5) is 16.2 Å². The van der Waals surface area contributed by atoms with Gasteiger partial charge in [0.25, 0.3) is 0 Å². The molecule has 0 radical (unpaired) electrons. The minimum atomic E-state index is -0.600. The summed E-state index contributed by atoms with van der Waals surface area (Å²) in [5, 5.41) is 8.97. The first kappa shape index (κ1) is 30.3. The van der Waals surface area contributed by atoms with Crippen molar-refractivity contribution >= 4 is 50.9 Å². The molecule has 0 aromatic heterocycles. The Bertz CT molecular complexity index is 828. The van der Waals surface area contributed by atoms with Gasteiger partial charge in [-0.3, -0.25) is 14.9 Å². The fourth-order valence-corrected chi connectivity index (χ4v) is 6.28. The molecule has 202 valence electrons. The summed E-state index contributed by atoms with van der Waals surface area (Å²) in [6.07, 6.45) is 4.50. The minimum Gasteiger partial charge on any atom is -0.444 e. The molecule has 1 aromatic rings. The van der Waals surface area contributed by atoms with E-state index in [9.17, 15) is 14.4 Å². The lowest BCUT2D eigenvalue weighted by atomic mass is 10.1. The average Bonchev–Trinajstić information content (AvgIpc) is 3.31. The van der Waals surface area contributed by atoms with Crippen LogP contribution < -0.4 is 16.0 Å². The summed E-state index contributed by atoms with van der Waals surface area (Å²) in [6, 6.07) is 6.76. The highest BCUT2D eigenvalue weighted by molar-refractivity contribution is 8.77. The van der Waals surface area contributed by atoms with Crippen LogP contribution in [0.5, 0.6) is 0 Å². The Hall–Kier alpha value is -1.95. The van der Waals surface area contributed by atoms with E-state index in [4.69, 9.17) is 14.2 Å². The predicted octanol–water partition coefficient (Wildman–Crippen LogP) is 4.84. The average molecular weight is 542 g/mol. The Labute approximate surface area is 221 Å². The van der Waals surface area contributed by atoms with Crippen LogP contribution in [0.2, 0.25) is 0 Å². The standard InChI is InChI=1S/C25H39N3O6S2/c1-25(2,3)34-24(31)28-20-8-6-7-19(17-20)27-23(30)18-33-15-14-32-13-12-26-22(29)10-5-4-9-21-11-16-35-36-21/h6-8,17,21H,4-5,9-16,18H2,1-3H3,(H,26,29)(H,27,30)(H,28,31). The van der Waals surface area contributed by atoms with Gasteiger partial charge in [0.2, 0.25) is 11.8 Å². The number of hydrogen-bond acceptors (Lipinski definition) is 8. The highest BCUT2D eigenvalue weighted by Crippen LogP contribution is 2.39. The van der Waals surface area contributed by atoms with Gasteiger partial charge in [-0.1, -0.05) is 34.1 Å². The number of benzene rings is 1. The summed E-state index contributed by atoms with van der Waals surface area (Å²) in [5.74, 6) is 0.992. The maximum Gasteiger partial charge on any atom is 0.412 e. The topological polar surface area (TPSA) is 115 Å². The van der Waals surface area contributed by atoms with E-state index in [1.807, 2.05) is 21.6 Å². The number of unbranched alkanes of at least 4 members (excludes halogenated alkanes) is 1. The Morgan fingerprint density at radius 1 is 1.00 bits per heavy atom. The second kappa shape index (κ2) is 16.7. The van der Waals surface area contributed by atoms with E-state index >= 15 is 0 Å². The summed E-state index contributed by atoms with van der Waals surface area (Å²) in [6.45, 7) is 6.67. The zero-order valence-corrected chi connectivity index (χ0v) is 23.1. The lowest BCUT2D eigenvalue weighted by molar-refractivity contribution is -0.122. The Kier molecular flexibility index (Phi) is 14.1. The zero-order chi connectivity index (χ0) is 26.2. The van der Waals surface area contributed by atoms with Gasteiger partial charge in [-0.25, -0.2) is 4.79 Å². The van der Waals surface area contributed by atoms with Crippen molar-refractivity contribution in [3.63, 3.8) is 0 Å². The molecule has 1 atom stereocenters. The maximum absolute atomic E-state index is 12.1. The Morgan fingerprint density at radius 3 is 2.47 bits per heavy atom. The Morgan fingerprint density at radius 2 is 1.75 bits per heavy atom. The van der Waals surface area contributed by atoms with Crippen molar-refractivity contribution in [3.05, 3.63) is 24.3 Å². The second-order valence-electron chi connectivity index (χ2n) is 9.35. The lowest BCUT2D eigenvalue weighted by Gasteiger charge is -2.19. The van der Waals surface area contributed by atoms with E-state index in [1.165, 1.54) is 18.6 Å². The summed E-state index contributed by atoms with van der Waals surface area (Å²) in [7, 11) is 3.93. The molecule has 3 amide bonds.